The number of nitrogens with one attached hydrogen (secondary N) is 3. The second-order valence-electron chi connectivity index (χ2n) is 9.50. The van der Waals surface area contributed by atoms with E-state index in [0.29, 0.717) is 47.2 Å². The summed E-state index contributed by atoms with van der Waals surface area (Å²) in [5.74, 6) is -0.958. The van der Waals surface area contributed by atoms with Gasteiger partial charge in [0.25, 0.3) is 5.91 Å². The number of urea groups is 1. The van der Waals surface area contributed by atoms with E-state index in [-0.39, 0.29) is 24.2 Å². The lowest BCUT2D eigenvalue weighted by atomic mass is 10.1. The van der Waals surface area contributed by atoms with Crippen molar-refractivity contribution in [3.8, 4) is 6.01 Å². The smallest absolute Gasteiger partial charge is 0.317 e. The molecule has 0 saturated carbocycles. The van der Waals surface area contributed by atoms with Crippen LogP contribution in [0.25, 0.3) is 21.8 Å². The highest BCUT2D eigenvalue weighted by Gasteiger charge is 2.22. The Morgan fingerprint density at radius 2 is 2.00 bits per heavy atom. The average molecular weight is 534 g/mol. The van der Waals surface area contributed by atoms with E-state index in [9.17, 15) is 14.0 Å². The predicted molar refractivity (Wildman–Crippen MR) is 144 cm³/mol. The summed E-state index contributed by atoms with van der Waals surface area (Å²) in [4.78, 5) is 38.1. The Hall–Kier alpha value is -4.52. The van der Waals surface area contributed by atoms with Crippen molar-refractivity contribution < 1.29 is 18.7 Å². The number of carbonyl (C=O) groups is 2. The summed E-state index contributed by atoms with van der Waals surface area (Å²) in [6.45, 7) is 5.13. The van der Waals surface area contributed by atoms with Gasteiger partial charge in [0, 0.05) is 80.9 Å². The highest BCUT2D eigenvalue weighted by molar-refractivity contribution is 6.14. The highest BCUT2D eigenvalue weighted by Crippen LogP contribution is 2.30. The van der Waals surface area contributed by atoms with E-state index >= 15 is 0 Å². The Bertz CT molecular complexity index is 1570. The van der Waals surface area contributed by atoms with Crippen molar-refractivity contribution in [2.75, 3.05) is 62.6 Å². The average Bonchev–Trinajstić information content (AvgIpc) is 3.52. The Labute approximate surface area is 223 Å². The normalized spacial score (nSPS) is 15.7. The molecule has 6 rings (SSSR count). The summed E-state index contributed by atoms with van der Waals surface area (Å²) in [6, 6.07) is 6.53. The van der Waals surface area contributed by atoms with Crippen LogP contribution in [0.3, 0.4) is 0 Å². The molecular formula is C26H28FN9O3. The van der Waals surface area contributed by atoms with E-state index in [0.717, 1.165) is 31.9 Å². The summed E-state index contributed by atoms with van der Waals surface area (Å²) in [6.07, 6.45) is 3.35. The molecule has 39 heavy (non-hydrogen) atoms. The monoisotopic (exact) mass is 533 g/mol. The minimum Gasteiger partial charge on any atom is -0.462 e. The van der Waals surface area contributed by atoms with E-state index in [4.69, 9.17) is 4.74 Å². The highest BCUT2D eigenvalue weighted by atomic mass is 19.1. The van der Waals surface area contributed by atoms with Crippen molar-refractivity contribution >= 4 is 45.1 Å². The number of fused-ring (bicyclic) bond motifs is 2. The van der Waals surface area contributed by atoms with Gasteiger partial charge in [0.15, 0.2) is 5.82 Å². The van der Waals surface area contributed by atoms with Gasteiger partial charge in [0.1, 0.15) is 12.1 Å². The summed E-state index contributed by atoms with van der Waals surface area (Å²) in [5.41, 5.74) is 2.21. The first-order valence-electron chi connectivity index (χ1n) is 12.8. The molecule has 0 aliphatic carbocycles. The number of amides is 3. The first-order chi connectivity index (χ1) is 19.0. The molecule has 2 aromatic heterocycles. The molecule has 2 fully saturated rings. The van der Waals surface area contributed by atoms with Crippen LogP contribution in [-0.4, -0.2) is 89.0 Å². The zero-order chi connectivity index (χ0) is 26.9. The molecule has 0 bridgehead atoms. The topological polar surface area (TPSA) is 130 Å². The molecule has 3 N–H and O–H groups in total. The number of aryl methyl sites for hydroxylation is 1. The summed E-state index contributed by atoms with van der Waals surface area (Å²) in [5, 5.41) is 14.3. The lowest BCUT2D eigenvalue weighted by Crippen LogP contribution is -2.43. The summed E-state index contributed by atoms with van der Waals surface area (Å²) < 4.78 is 21.9. The van der Waals surface area contributed by atoms with Crippen LogP contribution in [0.4, 0.5) is 20.6 Å². The Morgan fingerprint density at radius 3 is 2.79 bits per heavy atom. The van der Waals surface area contributed by atoms with Crippen LogP contribution in [0.15, 0.2) is 36.7 Å². The molecule has 0 radical (unpaired) electrons. The number of halogens is 1. The van der Waals surface area contributed by atoms with E-state index in [1.165, 1.54) is 10.7 Å². The van der Waals surface area contributed by atoms with Gasteiger partial charge in [-0.2, -0.15) is 10.1 Å². The predicted octanol–water partition coefficient (Wildman–Crippen LogP) is 1.72. The van der Waals surface area contributed by atoms with E-state index in [1.54, 1.807) is 36.5 Å². The third-order valence-corrected chi connectivity index (χ3v) is 6.88. The number of ether oxygens (including phenoxy) is 1. The first-order valence-corrected chi connectivity index (χ1v) is 12.8. The van der Waals surface area contributed by atoms with E-state index in [1.807, 2.05) is 6.07 Å². The molecule has 4 aromatic rings. The van der Waals surface area contributed by atoms with Crippen molar-refractivity contribution in [2.24, 2.45) is 7.05 Å². The van der Waals surface area contributed by atoms with Gasteiger partial charge in [0.2, 0.25) is 0 Å². The van der Waals surface area contributed by atoms with Crippen LogP contribution in [0.5, 0.6) is 6.01 Å². The van der Waals surface area contributed by atoms with Gasteiger partial charge in [-0.15, -0.1) is 0 Å². The number of aromatic nitrogens is 4. The summed E-state index contributed by atoms with van der Waals surface area (Å²) >= 11 is 0. The fourth-order valence-electron chi connectivity index (χ4n) is 4.98. The molecule has 2 aliphatic rings. The van der Waals surface area contributed by atoms with Crippen molar-refractivity contribution in [3.63, 3.8) is 0 Å². The fourth-order valence-corrected chi connectivity index (χ4v) is 4.98. The number of piperazine rings is 1. The molecule has 2 aliphatic heterocycles. The molecular weight excluding hydrogens is 505 g/mol. The van der Waals surface area contributed by atoms with Crippen LogP contribution in [0.1, 0.15) is 10.4 Å². The Kier molecular flexibility index (Phi) is 6.57. The zero-order valence-corrected chi connectivity index (χ0v) is 21.4. The van der Waals surface area contributed by atoms with Crippen molar-refractivity contribution in [3.05, 3.63) is 48.0 Å². The maximum atomic E-state index is 14.6. The van der Waals surface area contributed by atoms with Gasteiger partial charge in [-0.25, -0.2) is 14.2 Å². The Balaban J connectivity index is 1.31. The lowest BCUT2D eigenvalue weighted by Gasteiger charge is -2.30. The van der Waals surface area contributed by atoms with Crippen molar-refractivity contribution in [2.45, 2.75) is 0 Å². The SMILES string of the molecule is Cn1cc2cc(NC(=O)c3ccc(N4CCNCC4)c4cnc(OCCN5CCNC5=O)nc34)cc(F)c2n1. The lowest BCUT2D eigenvalue weighted by molar-refractivity contribution is 0.102. The van der Waals surface area contributed by atoms with Crippen LogP contribution < -0.4 is 25.6 Å². The third kappa shape index (κ3) is 5.00. The number of hydrogen-bond acceptors (Lipinski definition) is 8. The molecule has 2 saturated heterocycles. The number of benzene rings is 2. The standard InChI is InChI=1S/C26H28FN9O3/c1-34-15-16-12-17(13-20(27)22(16)33-34)31-24(37)18-2-3-21(35-7-4-28-5-8-35)19-14-30-25(32-23(18)19)39-11-10-36-9-6-29-26(36)38/h2-3,12-15,28H,4-11H2,1H3,(H,29,38)(H,31,37). The van der Waals surface area contributed by atoms with Crippen LogP contribution in [0.2, 0.25) is 0 Å². The van der Waals surface area contributed by atoms with Gasteiger partial charge in [-0.1, -0.05) is 0 Å². The molecule has 12 nitrogen and oxygen atoms in total. The molecule has 2 aromatic carbocycles. The molecule has 0 atom stereocenters. The van der Waals surface area contributed by atoms with Crippen LogP contribution in [0, 0.1) is 5.82 Å². The van der Waals surface area contributed by atoms with Gasteiger partial charge in [-0.05, 0) is 24.3 Å². The second kappa shape index (κ2) is 10.3. The number of carbonyl (C=O) groups excluding carboxylic acids is 2. The first kappa shape index (κ1) is 24.8. The van der Waals surface area contributed by atoms with Gasteiger partial charge in [0.05, 0.1) is 17.6 Å². The molecule has 0 spiro atoms. The number of anilines is 2. The molecule has 0 unspecified atom stereocenters. The summed E-state index contributed by atoms with van der Waals surface area (Å²) in [7, 11) is 1.71. The maximum Gasteiger partial charge on any atom is 0.317 e. The number of rotatable bonds is 7. The van der Waals surface area contributed by atoms with Crippen molar-refractivity contribution in [1.82, 2.24) is 35.3 Å². The van der Waals surface area contributed by atoms with E-state index < -0.39 is 11.7 Å². The minimum absolute atomic E-state index is 0.108. The van der Waals surface area contributed by atoms with Crippen molar-refractivity contribution in [1.29, 1.82) is 0 Å². The van der Waals surface area contributed by atoms with Gasteiger partial charge in [-0.3, -0.25) is 9.48 Å². The number of hydrogen-bond donors (Lipinski definition) is 3. The number of nitrogens with zero attached hydrogens (tertiary/aromatic N) is 6. The zero-order valence-electron chi connectivity index (χ0n) is 21.4. The molecule has 3 amide bonds. The maximum absolute atomic E-state index is 14.6. The van der Waals surface area contributed by atoms with Crippen LogP contribution >= 0.6 is 0 Å². The van der Waals surface area contributed by atoms with Gasteiger partial charge < -0.3 is 30.5 Å². The second-order valence-corrected chi connectivity index (χ2v) is 9.50. The molecule has 13 heteroatoms. The Morgan fingerprint density at radius 1 is 1.15 bits per heavy atom. The fraction of sp³-hybridized carbons (Fsp3) is 0.346. The third-order valence-electron chi connectivity index (χ3n) is 6.88. The molecule has 202 valence electrons. The van der Waals surface area contributed by atoms with Gasteiger partial charge >= 0.3 is 12.0 Å². The van der Waals surface area contributed by atoms with Crippen LogP contribution in [-0.2, 0) is 7.05 Å². The van der Waals surface area contributed by atoms with E-state index in [2.05, 4.69) is 35.9 Å². The molecule has 4 heterocycles. The largest absolute Gasteiger partial charge is 0.462 e. The minimum atomic E-state index is -0.521. The quantitative estimate of drug-likeness (QED) is 0.328.